The van der Waals surface area contributed by atoms with Crippen LogP contribution in [0.2, 0.25) is 5.02 Å². The summed E-state index contributed by atoms with van der Waals surface area (Å²) in [6, 6.07) is 17.0. The largest absolute Gasteiger partial charge is 0.353 e. The molecule has 0 saturated heterocycles. The molecule has 1 aromatic heterocycles. The SMILES string of the molecule is Cc1noc([C@@H]2C(=O)C[C@H](c3ccccc3)[C@H]2c2cccc(Cl)c2)c1[N+](=O)[O-]. The van der Waals surface area contributed by atoms with E-state index in [0.29, 0.717) is 5.02 Å². The van der Waals surface area contributed by atoms with Crippen LogP contribution in [-0.4, -0.2) is 15.9 Å². The van der Waals surface area contributed by atoms with Gasteiger partial charge in [-0.25, -0.2) is 0 Å². The molecule has 7 heteroatoms. The molecule has 0 unspecified atom stereocenters. The van der Waals surface area contributed by atoms with E-state index >= 15 is 0 Å². The first-order chi connectivity index (χ1) is 13.5. The van der Waals surface area contributed by atoms with Gasteiger partial charge < -0.3 is 4.52 Å². The Morgan fingerprint density at radius 1 is 1.14 bits per heavy atom. The molecule has 0 spiro atoms. The first kappa shape index (κ1) is 18.4. The standard InChI is InChI=1S/C21H17ClN2O4/c1-12-20(24(26)27)21(28-23-12)19-17(25)11-16(13-6-3-2-4-7-13)18(19)14-8-5-9-15(22)10-14/h2-10,16,18-19H,11H2,1H3/t16-,18-,19-/m1/s1. The molecule has 1 saturated carbocycles. The predicted molar refractivity (Wildman–Crippen MR) is 104 cm³/mol. The van der Waals surface area contributed by atoms with Crippen LogP contribution in [0.3, 0.4) is 0 Å². The third-order valence-corrected chi connectivity index (χ3v) is 5.58. The van der Waals surface area contributed by atoms with Crippen LogP contribution in [0.5, 0.6) is 0 Å². The maximum Gasteiger partial charge on any atom is 0.335 e. The number of benzene rings is 2. The molecule has 3 atom stereocenters. The van der Waals surface area contributed by atoms with Crippen LogP contribution in [0.15, 0.2) is 59.1 Å². The van der Waals surface area contributed by atoms with Crippen LogP contribution in [-0.2, 0) is 4.79 Å². The van der Waals surface area contributed by atoms with Crippen molar-refractivity contribution in [2.24, 2.45) is 0 Å². The van der Waals surface area contributed by atoms with Gasteiger partial charge in [-0.2, -0.15) is 0 Å². The van der Waals surface area contributed by atoms with Crippen LogP contribution in [0.25, 0.3) is 0 Å². The van der Waals surface area contributed by atoms with Crippen LogP contribution >= 0.6 is 11.6 Å². The highest BCUT2D eigenvalue weighted by molar-refractivity contribution is 6.30. The average Bonchev–Trinajstić information content (AvgIpc) is 3.22. The third kappa shape index (κ3) is 3.10. The third-order valence-electron chi connectivity index (χ3n) is 5.34. The van der Waals surface area contributed by atoms with E-state index in [9.17, 15) is 14.9 Å². The van der Waals surface area contributed by atoms with E-state index in [1.165, 1.54) is 6.92 Å². The fourth-order valence-electron chi connectivity index (χ4n) is 4.19. The Morgan fingerprint density at radius 2 is 1.86 bits per heavy atom. The normalized spacial score (nSPS) is 21.8. The number of ketones is 1. The lowest BCUT2D eigenvalue weighted by molar-refractivity contribution is -0.386. The topological polar surface area (TPSA) is 86.2 Å². The Bertz CT molecular complexity index is 1050. The Morgan fingerprint density at radius 3 is 2.54 bits per heavy atom. The molecule has 0 amide bonds. The first-order valence-electron chi connectivity index (χ1n) is 8.91. The van der Waals surface area contributed by atoms with Gasteiger partial charge in [-0.15, -0.1) is 0 Å². The van der Waals surface area contributed by atoms with Crippen molar-refractivity contribution in [3.63, 3.8) is 0 Å². The van der Waals surface area contributed by atoms with E-state index in [0.717, 1.165) is 11.1 Å². The molecular formula is C21H17ClN2O4. The molecule has 1 fully saturated rings. The fourth-order valence-corrected chi connectivity index (χ4v) is 4.38. The number of carbonyl (C=O) groups is 1. The van der Waals surface area contributed by atoms with Crippen LogP contribution in [0.1, 0.15) is 46.8 Å². The van der Waals surface area contributed by atoms with E-state index < -0.39 is 10.8 Å². The molecular weight excluding hydrogens is 380 g/mol. The lowest BCUT2D eigenvalue weighted by Crippen LogP contribution is -2.15. The number of hydrogen-bond donors (Lipinski definition) is 0. The zero-order chi connectivity index (χ0) is 19.8. The number of aryl methyl sites for hydroxylation is 1. The minimum Gasteiger partial charge on any atom is -0.353 e. The van der Waals surface area contributed by atoms with Gasteiger partial charge in [0.15, 0.2) is 5.69 Å². The molecule has 2 aromatic carbocycles. The van der Waals surface area contributed by atoms with Crippen molar-refractivity contribution in [2.75, 3.05) is 0 Å². The van der Waals surface area contributed by atoms with Gasteiger partial charge >= 0.3 is 5.69 Å². The van der Waals surface area contributed by atoms with Gasteiger partial charge in [-0.3, -0.25) is 14.9 Å². The zero-order valence-corrected chi connectivity index (χ0v) is 15.8. The molecule has 6 nitrogen and oxygen atoms in total. The number of Topliss-reactive ketones (excluding diaryl/α,β-unsaturated/α-hetero) is 1. The summed E-state index contributed by atoms with van der Waals surface area (Å²) >= 11 is 6.20. The van der Waals surface area contributed by atoms with Gasteiger partial charge in [-0.05, 0) is 36.1 Å². The van der Waals surface area contributed by atoms with Gasteiger partial charge in [0.1, 0.15) is 5.78 Å². The number of nitro groups is 1. The molecule has 142 valence electrons. The van der Waals surface area contributed by atoms with E-state index in [1.54, 1.807) is 6.07 Å². The van der Waals surface area contributed by atoms with Crippen molar-refractivity contribution < 1.29 is 14.2 Å². The number of nitrogens with zero attached hydrogens (tertiary/aromatic N) is 2. The zero-order valence-electron chi connectivity index (χ0n) is 15.0. The Balaban J connectivity index is 1.89. The minimum atomic E-state index is -0.787. The smallest absolute Gasteiger partial charge is 0.335 e. The summed E-state index contributed by atoms with van der Waals surface area (Å²) in [5.74, 6) is -1.33. The molecule has 1 heterocycles. The second-order valence-corrected chi connectivity index (χ2v) is 7.42. The molecule has 3 aromatic rings. The molecule has 1 aliphatic rings. The first-order valence-corrected chi connectivity index (χ1v) is 9.29. The van der Waals surface area contributed by atoms with E-state index in [1.807, 2.05) is 48.5 Å². The number of hydrogen-bond acceptors (Lipinski definition) is 5. The summed E-state index contributed by atoms with van der Waals surface area (Å²) < 4.78 is 5.33. The molecule has 0 radical (unpaired) electrons. The van der Waals surface area contributed by atoms with Crippen molar-refractivity contribution in [3.8, 4) is 0 Å². The second kappa shape index (κ2) is 7.20. The number of aromatic nitrogens is 1. The van der Waals surface area contributed by atoms with E-state index in [4.69, 9.17) is 16.1 Å². The number of halogens is 1. The van der Waals surface area contributed by atoms with Gasteiger partial charge in [0.05, 0.1) is 10.8 Å². The summed E-state index contributed by atoms with van der Waals surface area (Å²) in [5.41, 5.74) is 1.79. The number of carbonyl (C=O) groups excluding carboxylic acids is 1. The lowest BCUT2D eigenvalue weighted by Gasteiger charge is -2.23. The Hall–Kier alpha value is -2.99. The van der Waals surface area contributed by atoms with Crippen molar-refractivity contribution in [3.05, 3.63) is 92.3 Å². The summed E-state index contributed by atoms with van der Waals surface area (Å²) in [6.07, 6.45) is 0.267. The summed E-state index contributed by atoms with van der Waals surface area (Å²) in [6.45, 7) is 1.51. The maximum atomic E-state index is 13.1. The highest BCUT2D eigenvalue weighted by Crippen LogP contribution is 2.54. The monoisotopic (exact) mass is 396 g/mol. The summed E-state index contributed by atoms with van der Waals surface area (Å²) in [5, 5.41) is 15.9. The molecule has 28 heavy (non-hydrogen) atoms. The number of rotatable bonds is 4. The van der Waals surface area contributed by atoms with Crippen molar-refractivity contribution in [1.82, 2.24) is 5.16 Å². The van der Waals surface area contributed by atoms with Gasteiger partial charge in [0.25, 0.3) is 0 Å². The van der Waals surface area contributed by atoms with Crippen molar-refractivity contribution in [1.29, 1.82) is 0 Å². The molecule has 1 aliphatic carbocycles. The van der Waals surface area contributed by atoms with Crippen LogP contribution in [0.4, 0.5) is 5.69 Å². The fraction of sp³-hybridized carbons (Fsp3) is 0.238. The summed E-state index contributed by atoms with van der Waals surface area (Å²) in [7, 11) is 0. The molecule has 0 N–H and O–H groups in total. The van der Waals surface area contributed by atoms with Crippen LogP contribution < -0.4 is 0 Å². The summed E-state index contributed by atoms with van der Waals surface area (Å²) in [4.78, 5) is 24.1. The van der Waals surface area contributed by atoms with Gasteiger partial charge in [0.2, 0.25) is 5.76 Å². The molecule has 0 bridgehead atoms. The van der Waals surface area contributed by atoms with E-state index in [2.05, 4.69) is 5.16 Å². The predicted octanol–water partition coefficient (Wildman–Crippen LogP) is 5.17. The van der Waals surface area contributed by atoms with Crippen molar-refractivity contribution in [2.45, 2.75) is 31.1 Å². The second-order valence-electron chi connectivity index (χ2n) is 6.98. The average molecular weight is 397 g/mol. The lowest BCUT2D eigenvalue weighted by atomic mass is 9.78. The van der Waals surface area contributed by atoms with E-state index in [-0.39, 0.29) is 41.2 Å². The Kier molecular flexibility index (Phi) is 4.73. The van der Waals surface area contributed by atoms with Crippen LogP contribution in [0, 0.1) is 17.0 Å². The molecule has 0 aliphatic heterocycles. The van der Waals surface area contributed by atoms with Crippen molar-refractivity contribution >= 4 is 23.1 Å². The maximum absolute atomic E-state index is 13.1. The molecule has 4 rings (SSSR count). The highest BCUT2D eigenvalue weighted by Gasteiger charge is 2.49. The Labute approximate surface area is 166 Å². The van der Waals surface area contributed by atoms with Gasteiger partial charge in [0, 0.05) is 17.4 Å². The van der Waals surface area contributed by atoms with Gasteiger partial charge in [-0.1, -0.05) is 59.2 Å². The quantitative estimate of drug-likeness (QED) is 0.448. The highest BCUT2D eigenvalue weighted by atomic mass is 35.5. The minimum absolute atomic E-state index is 0.0240.